The predicted molar refractivity (Wildman–Crippen MR) is 135 cm³/mol. The van der Waals surface area contributed by atoms with Gasteiger partial charge in [-0.15, -0.1) is 10.2 Å². The fourth-order valence-corrected chi connectivity index (χ4v) is 4.32. The molecule has 0 atom stereocenters. The second-order valence-electron chi connectivity index (χ2n) is 7.37. The molecule has 2 aromatic heterocycles. The molecule has 0 fully saturated rings. The minimum absolute atomic E-state index is 0.121. The van der Waals surface area contributed by atoms with Crippen LogP contribution < -0.4 is 15.0 Å². The van der Waals surface area contributed by atoms with Crippen molar-refractivity contribution in [3.63, 3.8) is 0 Å². The Hall–Kier alpha value is -3.72. The lowest BCUT2D eigenvalue weighted by Gasteiger charge is -2.21. The first-order valence-corrected chi connectivity index (χ1v) is 12.0. The average Bonchev–Trinajstić information content (AvgIpc) is 3.55. The van der Waals surface area contributed by atoms with E-state index in [0.29, 0.717) is 16.7 Å². The Morgan fingerprint density at radius 2 is 1.79 bits per heavy atom. The first-order valence-electron chi connectivity index (χ1n) is 11.0. The van der Waals surface area contributed by atoms with Gasteiger partial charge in [-0.3, -0.25) is 9.36 Å². The van der Waals surface area contributed by atoms with E-state index in [0.717, 1.165) is 35.9 Å². The number of nitrogens with zero attached hydrogens (tertiary/aromatic N) is 4. The van der Waals surface area contributed by atoms with Gasteiger partial charge in [0.2, 0.25) is 11.7 Å². The maximum Gasteiger partial charge on any atom is 0.234 e. The summed E-state index contributed by atoms with van der Waals surface area (Å²) in [6, 6.07) is 19.1. The summed E-state index contributed by atoms with van der Waals surface area (Å²) in [6.07, 6.45) is 1.59. The van der Waals surface area contributed by atoms with Crippen LogP contribution in [0.2, 0.25) is 0 Å². The molecule has 0 saturated carbocycles. The summed E-state index contributed by atoms with van der Waals surface area (Å²) in [5.41, 5.74) is 2.73. The number of amides is 1. The number of hydrogen-bond donors (Lipinski definition) is 1. The second kappa shape index (κ2) is 10.9. The van der Waals surface area contributed by atoms with Gasteiger partial charge < -0.3 is 19.4 Å². The molecule has 9 heteroatoms. The van der Waals surface area contributed by atoms with Gasteiger partial charge in [-0.25, -0.2) is 0 Å². The minimum Gasteiger partial charge on any atom is -0.497 e. The summed E-state index contributed by atoms with van der Waals surface area (Å²) < 4.78 is 12.7. The van der Waals surface area contributed by atoms with Crippen LogP contribution in [0.15, 0.2) is 76.5 Å². The number of furan rings is 1. The molecular formula is C25H27N5O3S. The van der Waals surface area contributed by atoms with Crippen LogP contribution in [-0.2, 0) is 4.79 Å². The molecule has 0 aliphatic heterocycles. The minimum atomic E-state index is -0.121. The van der Waals surface area contributed by atoms with Crippen LogP contribution in [0.1, 0.15) is 13.8 Å². The van der Waals surface area contributed by atoms with Crippen molar-refractivity contribution in [3.8, 4) is 23.0 Å². The Balaban J connectivity index is 1.48. The van der Waals surface area contributed by atoms with Gasteiger partial charge in [0.1, 0.15) is 5.75 Å². The first-order chi connectivity index (χ1) is 16.6. The van der Waals surface area contributed by atoms with E-state index in [1.54, 1.807) is 19.4 Å². The van der Waals surface area contributed by atoms with Gasteiger partial charge in [-0.1, -0.05) is 11.8 Å². The summed E-state index contributed by atoms with van der Waals surface area (Å²) in [7, 11) is 1.62. The van der Waals surface area contributed by atoms with Gasteiger partial charge in [-0.05, 0) is 74.5 Å². The second-order valence-corrected chi connectivity index (χ2v) is 8.32. The van der Waals surface area contributed by atoms with Crippen molar-refractivity contribution in [2.75, 3.05) is 36.2 Å². The molecule has 1 N–H and O–H groups in total. The number of thioether (sulfide) groups is 1. The lowest BCUT2D eigenvalue weighted by atomic mass is 10.2. The molecule has 2 heterocycles. The Bertz CT molecular complexity index is 1200. The van der Waals surface area contributed by atoms with E-state index in [9.17, 15) is 4.79 Å². The molecule has 176 valence electrons. The SMILES string of the molecule is CCN(CC)c1ccc(NC(=O)CSc2nnc(-c3ccco3)n2-c2ccc(OC)cc2)cc1. The van der Waals surface area contributed by atoms with Crippen LogP contribution in [0, 0.1) is 0 Å². The Kier molecular flexibility index (Phi) is 7.54. The third-order valence-corrected chi connectivity index (χ3v) is 6.25. The van der Waals surface area contributed by atoms with E-state index in [1.165, 1.54) is 11.8 Å². The average molecular weight is 478 g/mol. The van der Waals surface area contributed by atoms with Crippen molar-refractivity contribution in [2.24, 2.45) is 0 Å². The third kappa shape index (κ3) is 5.26. The molecule has 0 spiro atoms. The number of hydrogen-bond acceptors (Lipinski definition) is 7. The molecule has 4 rings (SSSR count). The molecule has 0 bridgehead atoms. The molecule has 0 radical (unpaired) electrons. The van der Waals surface area contributed by atoms with Crippen molar-refractivity contribution in [3.05, 3.63) is 66.9 Å². The Labute approximate surface area is 202 Å². The van der Waals surface area contributed by atoms with Crippen molar-refractivity contribution >= 4 is 29.0 Å². The number of aromatic nitrogens is 3. The fraction of sp³-hybridized carbons (Fsp3) is 0.240. The number of anilines is 2. The van der Waals surface area contributed by atoms with E-state index in [2.05, 4.69) is 34.3 Å². The largest absolute Gasteiger partial charge is 0.497 e. The van der Waals surface area contributed by atoms with E-state index < -0.39 is 0 Å². The van der Waals surface area contributed by atoms with Crippen LogP contribution in [0.5, 0.6) is 5.75 Å². The molecule has 0 aliphatic carbocycles. The highest BCUT2D eigenvalue weighted by Gasteiger charge is 2.19. The van der Waals surface area contributed by atoms with Crippen molar-refractivity contribution in [1.82, 2.24) is 14.8 Å². The van der Waals surface area contributed by atoms with E-state index in [4.69, 9.17) is 9.15 Å². The number of rotatable bonds is 10. The summed E-state index contributed by atoms with van der Waals surface area (Å²) in [5, 5.41) is 12.2. The van der Waals surface area contributed by atoms with Gasteiger partial charge in [0.05, 0.1) is 24.8 Å². The van der Waals surface area contributed by atoms with E-state index in [1.807, 2.05) is 59.2 Å². The molecule has 0 unspecified atom stereocenters. The zero-order valence-corrected chi connectivity index (χ0v) is 20.2. The third-order valence-electron chi connectivity index (χ3n) is 5.32. The van der Waals surface area contributed by atoms with Gasteiger partial charge >= 0.3 is 0 Å². The molecule has 34 heavy (non-hydrogen) atoms. The standard InChI is InChI=1S/C25H27N5O3S/c1-4-29(5-2)19-10-8-18(9-11-19)26-23(31)17-34-25-28-27-24(22-7-6-16-33-22)30(25)20-12-14-21(32-3)15-13-20/h6-16H,4-5,17H2,1-3H3,(H,26,31). The maximum absolute atomic E-state index is 12.6. The number of nitrogens with one attached hydrogen (secondary N) is 1. The molecule has 4 aromatic rings. The van der Waals surface area contributed by atoms with Crippen molar-refractivity contribution in [1.29, 1.82) is 0 Å². The molecule has 0 aliphatic rings. The number of ether oxygens (including phenoxy) is 1. The lowest BCUT2D eigenvalue weighted by Crippen LogP contribution is -2.21. The van der Waals surface area contributed by atoms with Crippen molar-refractivity contribution in [2.45, 2.75) is 19.0 Å². The van der Waals surface area contributed by atoms with Crippen molar-refractivity contribution < 1.29 is 13.9 Å². The highest BCUT2D eigenvalue weighted by Crippen LogP contribution is 2.29. The normalized spacial score (nSPS) is 10.8. The number of carbonyl (C=O) groups is 1. The number of carbonyl (C=O) groups excluding carboxylic acids is 1. The fourth-order valence-electron chi connectivity index (χ4n) is 3.56. The summed E-state index contributed by atoms with van der Waals surface area (Å²) >= 11 is 1.31. The smallest absolute Gasteiger partial charge is 0.234 e. The summed E-state index contributed by atoms with van der Waals surface area (Å²) in [5.74, 6) is 1.96. The summed E-state index contributed by atoms with van der Waals surface area (Å²) in [6.45, 7) is 6.12. The van der Waals surface area contributed by atoms with Crippen LogP contribution in [0.4, 0.5) is 11.4 Å². The maximum atomic E-state index is 12.6. The molecule has 2 aromatic carbocycles. The van der Waals surface area contributed by atoms with Gasteiger partial charge in [0.15, 0.2) is 10.9 Å². The van der Waals surface area contributed by atoms with Crippen LogP contribution in [-0.4, -0.2) is 46.6 Å². The van der Waals surface area contributed by atoms with Crippen LogP contribution >= 0.6 is 11.8 Å². The first kappa shape index (κ1) is 23.4. The van der Waals surface area contributed by atoms with E-state index in [-0.39, 0.29) is 11.7 Å². The summed E-state index contributed by atoms with van der Waals surface area (Å²) in [4.78, 5) is 14.9. The van der Waals surface area contributed by atoms with E-state index >= 15 is 0 Å². The van der Waals surface area contributed by atoms with Gasteiger partial charge in [-0.2, -0.15) is 0 Å². The molecule has 1 amide bonds. The predicted octanol–water partition coefficient (Wildman–Crippen LogP) is 5.11. The van der Waals surface area contributed by atoms with Crippen LogP contribution in [0.25, 0.3) is 17.3 Å². The lowest BCUT2D eigenvalue weighted by molar-refractivity contribution is -0.113. The molecular weight excluding hydrogens is 450 g/mol. The highest BCUT2D eigenvalue weighted by atomic mass is 32.2. The number of methoxy groups -OCH3 is 1. The zero-order valence-electron chi connectivity index (χ0n) is 19.4. The molecule has 0 saturated heterocycles. The quantitative estimate of drug-likeness (QED) is 0.318. The highest BCUT2D eigenvalue weighted by molar-refractivity contribution is 7.99. The van der Waals surface area contributed by atoms with Crippen LogP contribution in [0.3, 0.4) is 0 Å². The monoisotopic (exact) mass is 477 g/mol. The number of benzene rings is 2. The Morgan fingerprint density at radius 3 is 2.41 bits per heavy atom. The van der Waals surface area contributed by atoms with Gasteiger partial charge in [0, 0.05) is 24.5 Å². The van der Waals surface area contributed by atoms with Gasteiger partial charge in [0.25, 0.3) is 0 Å². The molecule has 8 nitrogen and oxygen atoms in total. The Morgan fingerprint density at radius 1 is 1.06 bits per heavy atom. The topological polar surface area (TPSA) is 85.4 Å². The zero-order chi connectivity index (χ0) is 23.9.